The maximum absolute atomic E-state index is 13.8. The number of benzene rings is 1. The van der Waals surface area contributed by atoms with E-state index in [0.717, 1.165) is 43.9 Å². The highest BCUT2D eigenvalue weighted by Crippen LogP contribution is 2.39. The van der Waals surface area contributed by atoms with Gasteiger partial charge in [-0.3, -0.25) is 4.79 Å². The van der Waals surface area contributed by atoms with Crippen LogP contribution in [0.15, 0.2) is 24.3 Å². The van der Waals surface area contributed by atoms with Crippen LogP contribution < -0.4 is 10.6 Å². The molecule has 1 heterocycles. The Balaban J connectivity index is 1.84. The largest absolute Gasteiger partial charge is 0.354 e. The van der Waals surface area contributed by atoms with Crippen molar-refractivity contribution in [3.05, 3.63) is 35.6 Å². The van der Waals surface area contributed by atoms with Crippen LogP contribution in [0, 0.1) is 5.82 Å². The van der Waals surface area contributed by atoms with Crippen molar-refractivity contribution in [1.82, 2.24) is 10.6 Å². The molecule has 0 unspecified atom stereocenters. The first-order valence-electron chi connectivity index (χ1n) is 9.74. The molecule has 2 N–H and O–H groups in total. The fourth-order valence-corrected chi connectivity index (χ4v) is 5.98. The lowest BCUT2D eigenvalue weighted by Gasteiger charge is -2.40. The van der Waals surface area contributed by atoms with Crippen LogP contribution in [0.5, 0.6) is 0 Å². The van der Waals surface area contributed by atoms with E-state index in [1.54, 1.807) is 12.1 Å². The number of carbonyl (C=O) groups excluding carboxylic acids is 1. The first kappa shape index (κ1) is 20.3. The Morgan fingerprint density at radius 2 is 1.81 bits per heavy atom. The molecule has 1 aromatic rings. The molecule has 0 atom stereocenters. The van der Waals surface area contributed by atoms with Gasteiger partial charge in [-0.2, -0.15) is 0 Å². The summed E-state index contributed by atoms with van der Waals surface area (Å²) >= 11 is 0. The van der Waals surface area contributed by atoms with Gasteiger partial charge in [0.05, 0.1) is 0 Å². The van der Waals surface area contributed by atoms with Gasteiger partial charge in [-0.15, -0.1) is 0 Å². The first-order valence-corrected chi connectivity index (χ1v) is 11.6. The van der Waals surface area contributed by atoms with Crippen LogP contribution >= 0.6 is 0 Å². The Hall–Kier alpha value is -1.47. The molecule has 5 nitrogen and oxygen atoms in total. The van der Waals surface area contributed by atoms with E-state index in [0.29, 0.717) is 19.6 Å². The van der Waals surface area contributed by atoms with Crippen molar-refractivity contribution in [3.8, 4) is 0 Å². The molecule has 1 aliphatic heterocycles. The standard InChI is InChI=1S/C20H29FN2O3S/c1-27(25,26)20(10-12-22-13-11-20)18(24)23-15-19(8-3-2-4-9-19)16-6-5-7-17(21)14-16/h5-7,14,22H,2-4,8-13,15H2,1H3,(H,23,24). The number of nitrogens with one attached hydrogen (secondary N) is 2. The minimum atomic E-state index is -3.54. The van der Waals surface area contributed by atoms with E-state index in [-0.39, 0.29) is 24.1 Å². The fraction of sp³-hybridized carbons (Fsp3) is 0.650. The number of hydrogen-bond donors (Lipinski definition) is 2. The Kier molecular flexibility index (Phi) is 5.91. The summed E-state index contributed by atoms with van der Waals surface area (Å²) in [6.45, 7) is 1.37. The van der Waals surface area contributed by atoms with Crippen LogP contribution in [0.4, 0.5) is 4.39 Å². The summed E-state index contributed by atoms with van der Waals surface area (Å²) in [6.07, 6.45) is 6.62. The molecule has 1 amide bonds. The van der Waals surface area contributed by atoms with Crippen molar-refractivity contribution in [2.24, 2.45) is 0 Å². The first-order chi connectivity index (χ1) is 12.8. The number of halogens is 1. The van der Waals surface area contributed by atoms with Crippen molar-refractivity contribution in [3.63, 3.8) is 0 Å². The topological polar surface area (TPSA) is 75.3 Å². The third kappa shape index (κ3) is 4.04. The molecule has 3 rings (SSSR count). The molecule has 27 heavy (non-hydrogen) atoms. The quantitative estimate of drug-likeness (QED) is 0.801. The van der Waals surface area contributed by atoms with Crippen molar-refractivity contribution >= 4 is 15.7 Å². The summed E-state index contributed by atoms with van der Waals surface area (Å²) in [5, 5.41) is 6.09. The van der Waals surface area contributed by atoms with Gasteiger partial charge in [-0.25, -0.2) is 12.8 Å². The second-order valence-corrected chi connectivity index (χ2v) is 10.4. The molecule has 0 radical (unpaired) electrons. The van der Waals surface area contributed by atoms with Crippen LogP contribution in [-0.4, -0.2) is 45.0 Å². The summed E-state index contributed by atoms with van der Waals surface area (Å²) in [6, 6.07) is 6.59. The molecule has 0 aromatic heterocycles. The van der Waals surface area contributed by atoms with Gasteiger partial charge in [-0.05, 0) is 56.5 Å². The minimum Gasteiger partial charge on any atom is -0.354 e. The molecular weight excluding hydrogens is 367 g/mol. The monoisotopic (exact) mass is 396 g/mol. The average molecular weight is 397 g/mol. The third-order valence-corrected chi connectivity index (χ3v) is 8.38. The number of hydrogen-bond acceptors (Lipinski definition) is 4. The maximum atomic E-state index is 13.8. The van der Waals surface area contributed by atoms with Gasteiger partial charge in [0, 0.05) is 18.2 Å². The highest BCUT2D eigenvalue weighted by Gasteiger charge is 2.49. The lowest BCUT2D eigenvalue weighted by atomic mass is 9.69. The van der Waals surface area contributed by atoms with Crippen LogP contribution in [-0.2, 0) is 20.0 Å². The van der Waals surface area contributed by atoms with Gasteiger partial charge in [-0.1, -0.05) is 31.4 Å². The second kappa shape index (κ2) is 7.87. The number of piperidine rings is 1. The van der Waals surface area contributed by atoms with Gasteiger partial charge in [0.25, 0.3) is 0 Å². The molecule has 1 aromatic carbocycles. The van der Waals surface area contributed by atoms with Crippen LogP contribution in [0.25, 0.3) is 0 Å². The van der Waals surface area contributed by atoms with Crippen molar-refractivity contribution < 1.29 is 17.6 Å². The van der Waals surface area contributed by atoms with E-state index in [4.69, 9.17) is 0 Å². The highest BCUT2D eigenvalue weighted by molar-refractivity contribution is 7.92. The van der Waals surface area contributed by atoms with Crippen LogP contribution in [0.3, 0.4) is 0 Å². The zero-order valence-electron chi connectivity index (χ0n) is 15.9. The molecule has 1 saturated heterocycles. The fourth-order valence-electron chi connectivity index (χ4n) is 4.62. The van der Waals surface area contributed by atoms with E-state index >= 15 is 0 Å². The molecule has 2 aliphatic rings. The van der Waals surface area contributed by atoms with E-state index < -0.39 is 20.5 Å². The lowest BCUT2D eigenvalue weighted by molar-refractivity contribution is -0.124. The minimum absolute atomic E-state index is 0.282. The summed E-state index contributed by atoms with van der Waals surface area (Å²) in [5.41, 5.74) is 0.558. The SMILES string of the molecule is CS(=O)(=O)C1(C(=O)NCC2(c3cccc(F)c3)CCCCC2)CCNCC1. The lowest BCUT2D eigenvalue weighted by Crippen LogP contribution is -2.58. The number of amides is 1. The Morgan fingerprint density at radius 3 is 2.41 bits per heavy atom. The molecular formula is C20H29FN2O3S. The van der Waals surface area contributed by atoms with E-state index in [2.05, 4.69) is 10.6 Å². The van der Waals surface area contributed by atoms with Gasteiger partial charge in [0.15, 0.2) is 14.6 Å². The van der Waals surface area contributed by atoms with Crippen LogP contribution in [0.2, 0.25) is 0 Å². The van der Waals surface area contributed by atoms with Crippen LogP contribution in [0.1, 0.15) is 50.5 Å². The molecule has 150 valence electrons. The zero-order chi connectivity index (χ0) is 19.5. The van der Waals surface area contributed by atoms with E-state index in [1.807, 2.05) is 6.07 Å². The smallest absolute Gasteiger partial charge is 0.241 e. The van der Waals surface area contributed by atoms with Crippen molar-refractivity contribution in [2.45, 2.75) is 55.1 Å². The number of carbonyl (C=O) groups is 1. The molecule has 1 aliphatic carbocycles. The molecule has 0 bridgehead atoms. The third-order valence-electron chi connectivity index (χ3n) is 6.37. The van der Waals surface area contributed by atoms with E-state index in [1.165, 1.54) is 6.07 Å². The predicted molar refractivity (Wildman–Crippen MR) is 104 cm³/mol. The molecule has 0 spiro atoms. The van der Waals surface area contributed by atoms with Gasteiger partial charge in [0.2, 0.25) is 5.91 Å². The Morgan fingerprint density at radius 1 is 1.15 bits per heavy atom. The predicted octanol–water partition coefficient (Wildman–Crippen LogP) is 2.31. The Bertz CT molecular complexity index is 782. The summed E-state index contributed by atoms with van der Waals surface area (Å²) < 4.78 is 37.4. The van der Waals surface area contributed by atoms with Crippen molar-refractivity contribution in [2.75, 3.05) is 25.9 Å². The number of sulfone groups is 1. The van der Waals surface area contributed by atoms with E-state index in [9.17, 15) is 17.6 Å². The summed E-state index contributed by atoms with van der Waals surface area (Å²) in [5.74, 6) is -0.692. The van der Waals surface area contributed by atoms with Gasteiger partial charge < -0.3 is 10.6 Å². The molecule has 7 heteroatoms. The number of rotatable bonds is 5. The average Bonchev–Trinajstić information content (AvgIpc) is 2.66. The summed E-state index contributed by atoms with van der Waals surface area (Å²) in [7, 11) is -3.54. The normalized spacial score (nSPS) is 22.1. The van der Waals surface area contributed by atoms with Gasteiger partial charge >= 0.3 is 0 Å². The zero-order valence-corrected chi connectivity index (χ0v) is 16.7. The van der Waals surface area contributed by atoms with Crippen molar-refractivity contribution in [1.29, 1.82) is 0 Å². The second-order valence-electron chi connectivity index (χ2n) is 8.05. The van der Waals surface area contributed by atoms with Gasteiger partial charge in [0.1, 0.15) is 5.82 Å². The Labute approximate surface area is 161 Å². The molecule has 1 saturated carbocycles. The maximum Gasteiger partial charge on any atom is 0.241 e. The molecule has 2 fully saturated rings. The highest BCUT2D eigenvalue weighted by atomic mass is 32.2. The summed E-state index contributed by atoms with van der Waals surface area (Å²) in [4.78, 5) is 13.1.